The summed E-state index contributed by atoms with van der Waals surface area (Å²) < 4.78 is 22.5. The number of fused-ring (bicyclic) bond motifs is 1. The van der Waals surface area contributed by atoms with E-state index in [4.69, 9.17) is 4.74 Å². The molecule has 1 unspecified atom stereocenters. The molecule has 2 aromatic heterocycles. The first-order chi connectivity index (χ1) is 11.1. The molecule has 0 radical (unpaired) electrons. The second kappa shape index (κ2) is 6.26. The van der Waals surface area contributed by atoms with Crippen molar-refractivity contribution in [2.75, 3.05) is 7.11 Å². The minimum atomic E-state index is -1.61. The molecule has 0 amide bonds. The van der Waals surface area contributed by atoms with E-state index < -0.39 is 16.7 Å². The fraction of sp³-hybridized carbons (Fsp3) is 0.231. The quantitative estimate of drug-likeness (QED) is 0.684. The summed E-state index contributed by atoms with van der Waals surface area (Å²) in [7, 11) is 1.46. The van der Waals surface area contributed by atoms with Crippen molar-refractivity contribution in [3.05, 3.63) is 46.6 Å². The summed E-state index contributed by atoms with van der Waals surface area (Å²) in [5.41, 5.74) is 0.708. The van der Waals surface area contributed by atoms with Crippen LogP contribution in [0.5, 0.6) is 5.75 Å². The van der Waals surface area contributed by atoms with Crippen LogP contribution in [0.2, 0.25) is 0 Å². The third-order valence-electron chi connectivity index (χ3n) is 3.21. The van der Waals surface area contributed by atoms with Gasteiger partial charge in [-0.1, -0.05) is 17.3 Å². The molecule has 1 atom stereocenters. The average molecular weight is 334 g/mol. The van der Waals surface area contributed by atoms with E-state index in [1.165, 1.54) is 17.8 Å². The Morgan fingerprint density at radius 1 is 1.30 bits per heavy atom. The van der Waals surface area contributed by atoms with Crippen LogP contribution in [0.1, 0.15) is 5.56 Å². The number of ether oxygens (including phenoxy) is 1. The smallest absolute Gasteiger partial charge is 0.352 e. The molecular formula is C13H14N6O3S. The molecule has 23 heavy (non-hydrogen) atoms. The number of aryl methyl sites for hydroxylation is 1. The second-order valence-corrected chi connectivity index (χ2v) is 5.89. The molecule has 0 aliphatic carbocycles. The lowest BCUT2D eigenvalue weighted by molar-refractivity contribution is 0.414. The summed E-state index contributed by atoms with van der Waals surface area (Å²) in [6, 6.07) is 7.37. The number of methoxy groups -OCH3 is 1. The Hall–Kier alpha value is -2.59. The lowest BCUT2D eigenvalue weighted by Crippen LogP contribution is -2.27. The van der Waals surface area contributed by atoms with E-state index in [9.17, 15) is 9.00 Å². The molecule has 10 heteroatoms. The fourth-order valence-electron chi connectivity index (χ4n) is 1.95. The van der Waals surface area contributed by atoms with Gasteiger partial charge in [-0.25, -0.2) is 23.1 Å². The number of hydrogen-bond donors (Lipinski definition) is 1. The normalized spacial score (nSPS) is 12.4. The zero-order valence-corrected chi connectivity index (χ0v) is 13.3. The van der Waals surface area contributed by atoms with Crippen LogP contribution in [0.4, 0.5) is 0 Å². The molecule has 3 aromatic rings. The maximum absolute atomic E-state index is 12.3. The van der Waals surface area contributed by atoms with E-state index in [0.29, 0.717) is 6.54 Å². The summed E-state index contributed by atoms with van der Waals surface area (Å²) in [5, 5.41) is 7.71. The van der Waals surface area contributed by atoms with Crippen molar-refractivity contribution >= 4 is 16.6 Å². The Labute approximate surface area is 133 Å². The van der Waals surface area contributed by atoms with Crippen LogP contribution in [0.25, 0.3) is 5.65 Å². The van der Waals surface area contributed by atoms with Gasteiger partial charge in [0, 0.05) is 13.6 Å². The van der Waals surface area contributed by atoms with Gasteiger partial charge < -0.3 is 4.74 Å². The first-order valence-electron chi connectivity index (χ1n) is 6.65. The summed E-state index contributed by atoms with van der Waals surface area (Å²) in [6.07, 6.45) is 1.29. The molecule has 0 aliphatic heterocycles. The maximum Gasteiger partial charge on any atom is 0.352 e. The first-order valence-corrected chi connectivity index (χ1v) is 7.80. The maximum atomic E-state index is 12.3. The Morgan fingerprint density at radius 3 is 2.74 bits per heavy atom. The van der Waals surface area contributed by atoms with Gasteiger partial charge in [-0.15, -0.1) is 5.10 Å². The highest BCUT2D eigenvalue weighted by Crippen LogP contribution is 2.12. The van der Waals surface area contributed by atoms with Crippen molar-refractivity contribution in [1.29, 1.82) is 0 Å². The summed E-state index contributed by atoms with van der Waals surface area (Å²) in [5.74, 6) is 0.751. The van der Waals surface area contributed by atoms with Gasteiger partial charge in [0.05, 0.1) is 7.11 Å². The first kappa shape index (κ1) is 15.3. The number of rotatable bonds is 5. The van der Waals surface area contributed by atoms with E-state index in [2.05, 4.69) is 20.0 Å². The van der Waals surface area contributed by atoms with Crippen molar-refractivity contribution in [2.24, 2.45) is 7.05 Å². The highest BCUT2D eigenvalue weighted by molar-refractivity contribution is 7.83. The van der Waals surface area contributed by atoms with E-state index >= 15 is 0 Å². The van der Waals surface area contributed by atoms with Gasteiger partial charge in [-0.05, 0) is 17.7 Å². The molecule has 1 aromatic carbocycles. The number of aromatic nitrogens is 5. The summed E-state index contributed by atoms with van der Waals surface area (Å²) in [4.78, 5) is 15.9. The molecular weight excluding hydrogens is 320 g/mol. The molecule has 0 bridgehead atoms. The number of imidazole rings is 1. The average Bonchev–Trinajstić information content (AvgIpc) is 3.01. The van der Waals surface area contributed by atoms with Gasteiger partial charge in [0.1, 0.15) is 23.1 Å². The molecule has 3 rings (SSSR count). The summed E-state index contributed by atoms with van der Waals surface area (Å²) in [6.45, 7) is 0.369. The summed E-state index contributed by atoms with van der Waals surface area (Å²) >= 11 is 0. The van der Waals surface area contributed by atoms with Gasteiger partial charge in [0.15, 0.2) is 5.03 Å². The molecule has 0 saturated heterocycles. The second-order valence-electron chi connectivity index (χ2n) is 4.68. The van der Waals surface area contributed by atoms with E-state index in [1.54, 1.807) is 7.11 Å². The zero-order valence-electron chi connectivity index (χ0n) is 12.5. The Balaban J connectivity index is 1.78. The highest BCUT2D eigenvalue weighted by Gasteiger charge is 2.15. The van der Waals surface area contributed by atoms with E-state index in [1.807, 2.05) is 24.3 Å². The molecule has 120 valence electrons. The molecule has 0 fully saturated rings. The van der Waals surface area contributed by atoms with Crippen LogP contribution >= 0.6 is 0 Å². The molecule has 1 N–H and O–H groups in total. The van der Waals surface area contributed by atoms with Crippen LogP contribution in [-0.4, -0.2) is 35.7 Å². The van der Waals surface area contributed by atoms with Crippen molar-refractivity contribution < 1.29 is 8.95 Å². The Kier molecular flexibility index (Phi) is 4.17. The standard InChI is InChI=1S/C13H14N6O3S/c1-18-13(20)19-8-14-12(11(19)16-17-18)23(21)15-7-9-3-5-10(22-2)6-4-9/h3-6,8,15H,7H2,1-2H3. The van der Waals surface area contributed by atoms with Gasteiger partial charge in [0.25, 0.3) is 0 Å². The number of nitrogens with zero attached hydrogens (tertiary/aromatic N) is 5. The predicted octanol–water partition coefficient (Wildman–Crippen LogP) is -0.356. The SMILES string of the molecule is COc1ccc(CNS(=O)c2ncn3c(=O)n(C)nnc23)cc1. The minimum absolute atomic E-state index is 0.170. The van der Waals surface area contributed by atoms with Crippen molar-refractivity contribution in [1.82, 2.24) is 29.1 Å². The molecule has 2 heterocycles. The van der Waals surface area contributed by atoms with Gasteiger partial charge in [-0.2, -0.15) is 4.68 Å². The molecule has 9 nitrogen and oxygen atoms in total. The number of benzene rings is 1. The predicted molar refractivity (Wildman–Crippen MR) is 82.3 cm³/mol. The third kappa shape index (κ3) is 2.98. The van der Waals surface area contributed by atoms with E-state index in [0.717, 1.165) is 16.0 Å². The number of nitrogens with one attached hydrogen (secondary N) is 1. The molecule has 0 aliphatic rings. The minimum Gasteiger partial charge on any atom is -0.497 e. The van der Waals surface area contributed by atoms with E-state index in [-0.39, 0.29) is 10.7 Å². The lowest BCUT2D eigenvalue weighted by Gasteiger charge is -2.04. The fourth-order valence-corrected chi connectivity index (χ4v) is 2.83. The number of hydrogen-bond acceptors (Lipinski definition) is 6. The van der Waals surface area contributed by atoms with Crippen LogP contribution in [0, 0.1) is 0 Å². The highest BCUT2D eigenvalue weighted by atomic mass is 32.2. The monoisotopic (exact) mass is 334 g/mol. The van der Waals surface area contributed by atoms with Crippen LogP contribution in [0.3, 0.4) is 0 Å². The zero-order chi connectivity index (χ0) is 16.4. The van der Waals surface area contributed by atoms with Gasteiger partial charge >= 0.3 is 5.69 Å². The lowest BCUT2D eigenvalue weighted by atomic mass is 10.2. The Bertz CT molecular complexity index is 918. The molecule has 0 spiro atoms. The van der Waals surface area contributed by atoms with Gasteiger partial charge in [0.2, 0.25) is 5.65 Å². The largest absolute Gasteiger partial charge is 0.497 e. The van der Waals surface area contributed by atoms with Crippen molar-refractivity contribution in [2.45, 2.75) is 11.6 Å². The van der Waals surface area contributed by atoms with Crippen LogP contribution in [0.15, 0.2) is 40.4 Å². The topological polar surface area (TPSA) is 103 Å². The Morgan fingerprint density at radius 2 is 2.04 bits per heavy atom. The molecule has 0 saturated carbocycles. The van der Waals surface area contributed by atoms with Crippen LogP contribution < -0.4 is 15.1 Å². The van der Waals surface area contributed by atoms with Crippen LogP contribution in [-0.2, 0) is 24.6 Å². The van der Waals surface area contributed by atoms with Crippen molar-refractivity contribution in [3.63, 3.8) is 0 Å². The van der Waals surface area contributed by atoms with Gasteiger partial charge in [-0.3, -0.25) is 0 Å². The van der Waals surface area contributed by atoms with Crippen molar-refractivity contribution in [3.8, 4) is 5.75 Å². The third-order valence-corrected chi connectivity index (χ3v) is 4.25.